The van der Waals surface area contributed by atoms with Crippen molar-refractivity contribution >= 4 is 0 Å². The third-order valence-electron chi connectivity index (χ3n) is 4.74. The number of rotatable bonds is 13. The number of benzene rings is 1. The molecule has 0 aliphatic heterocycles. The summed E-state index contributed by atoms with van der Waals surface area (Å²) in [7, 11) is 0. The normalized spacial score (nSPS) is 10.8. The number of hydrogen-bond acceptors (Lipinski definition) is 3. The molecule has 0 saturated heterocycles. The van der Waals surface area contributed by atoms with Crippen LogP contribution in [0.5, 0.6) is 5.75 Å². The van der Waals surface area contributed by atoms with Crippen LogP contribution >= 0.6 is 0 Å². The van der Waals surface area contributed by atoms with E-state index in [4.69, 9.17) is 4.74 Å². The van der Waals surface area contributed by atoms with Crippen LogP contribution in [-0.4, -0.2) is 16.6 Å². The van der Waals surface area contributed by atoms with Crippen molar-refractivity contribution < 1.29 is 4.74 Å². The Morgan fingerprint density at radius 1 is 0.846 bits per heavy atom. The number of aromatic nitrogens is 2. The maximum Gasteiger partial charge on any atom is 0.128 e. The zero-order chi connectivity index (χ0) is 18.5. The van der Waals surface area contributed by atoms with Gasteiger partial charge in [-0.1, -0.05) is 70.9 Å². The molecule has 142 valence electrons. The van der Waals surface area contributed by atoms with Gasteiger partial charge in [0.05, 0.1) is 12.3 Å². The topological polar surface area (TPSA) is 35.0 Å². The summed E-state index contributed by atoms with van der Waals surface area (Å²) in [4.78, 5) is 8.84. The summed E-state index contributed by atoms with van der Waals surface area (Å²) in [6.45, 7) is 5.26. The standard InChI is InChI=1S/C23H34N2O/c1-3-5-7-9-13-17-26-22-16-12-11-15-21(22)23-20(18-24-19-25-23)14-10-8-6-4-2/h11-12,15-16,18-19H,3-10,13-14,17H2,1-2H3. The van der Waals surface area contributed by atoms with Crippen LogP contribution in [0.4, 0.5) is 0 Å². The van der Waals surface area contributed by atoms with Crippen LogP contribution in [0.15, 0.2) is 36.8 Å². The quantitative estimate of drug-likeness (QED) is 0.379. The molecule has 0 fully saturated rings. The Hall–Kier alpha value is -1.90. The lowest BCUT2D eigenvalue weighted by Gasteiger charge is -2.13. The number of para-hydroxylation sites is 1. The molecule has 1 heterocycles. The molecule has 0 aliphatic rings. The van der Waals surface area contributed by atoms with Gasteiger partial charge in [0.1, 0.15) is 12.1 Å². The summed E-state index contributed by atoms with van der Waals surface area (Å²) in [6, 6.07) is 8.28. The van der Waals surface area contributed by atoms with Crippen LogP contribution in [0.3, 0.4) is 0 Å². The third-order valence-corrected chi connectivity index (χ3v) is 4.74. The molecule has 0 bridgehead atoms. The molecular weight excluding hydrogens is 320 g/mol. The highest BCUT2D eigenvalue weighted by Gasteiger charge is 2.12. The first-order valence-electron chi connectivity index (χ1n) is 10.4. The van der Waals surface area contributed by atoms with Crippen molar-refractivity contribution in [3.63, 3.8) is 0 Å². The van der Waals surface area contributed by atoms with E-state index in [-0.39, 0.29) is 0 Å². The van der Waals surface area contributed by atoms with Crippen LogP contribution in [0.25, 0.3) is 11.3 Å². The average molecular weight is 355 g/mol. The Balaban J connectivity index is 2.02. The Bertz CT molecular complexity index is 627. The molecule has 1 aromatic carbocycles. The van der Waals surface area contributed by atoms with Crippen LogP contribution in [0.2, 0.25) is 0 Å². The minimum Gasteiger partial charge on any atom is -0.493 e. The minimum atomic E-state index is 0.775. The summed E-state index contributed by atoms with van der Waals surface area (Å²) in [5.41, 5.74) is 3.34. The number of unbranched alkanes of at least 4 members (excludes halogenated alkanes) is 7. The Morgan fingerprint density at radius 3 is 2.38 bits per heavy atom. The van der Waals surface area contributed by atoms with E-state index in [2.05, 4.69) is 42.0 Å². The summed E-state index contributed by atoms with van der Waals surface area (Å²) in [5.74, 6) is 0.941. The molecule has 0 aliphatic carbocycles. The number of hydrogen-bond donors (Lipinski definition) is 0. The number of ether oxygens (including phenoxy) is 1. The summed E-state index contributed by atoms with van der Waals surface area (Å²) in [5, 5.41) is 0. The van der Waals surface area contributed by atoms with Crippen molar-refractivity contribution in [2.24, 2.45) is 0 Å². The fraction of sp³-hybridized carbons (Fsp3) is 0.565. The molecule has 0 N–H and O–H groups in total. The van der Waals surface area contributed by atoms with Gasteiger partial charge in [-0.2, -0.15) is 0 Å². The zero-order valence-electron chi connectivity index (χ0n) is 16.5. The Labute approximate surface area is 159 Å². The predicted octanol–water partition coefficient (Wildman–Crippen LogP) is 6.62. The van der Waals surface area contributed by atoms with Gasteiger partial charge in [0.15, 0.2) is 0 Å². The zero-order valence-corrected chi connectivity index (χ0v) is 16.5. The first-order valence-corrected chi connectivity index (χ1v) is 10.4. The van der Waals surface area contributed by atoms with Gasteiger partial charge in [0.2, 0.25) is 0 Å². The molecule has 0 amide bonds. The third kappa shape index (κ3) is 6.78. The molecule has 0 radical (unpaired) electrons. The molecule has 3 heteroatoms. The Kier molecular flexibility index (Phi) is 9.78. The van der Waals surface area contributed by atoms with Crippen molar-refractivity contribution in [1.29, 1.82) is 0 Å². The fourth-order valence-electron chi connectivity index (χ4n) is 3.20. The second-order valence-corrected chi connectivity index (χ2v) is 6.97. The molecule has 0 spiro atoms. The second-order valence-electron chi connectivity index (χ2n) is 6.97. The molecule has 0 unspecified atom stereocenters. The van der Waals surface area contributed by atoms with Gasteiger partial charge in [-0.05, 0) is 37.0 Å². The van der Waals surface area contributed by atoms with Gasteiger partial charge in [0, 0.05) is 11.8 Å². The van der Waals surface area contributed by atoms with Crippen molar-refractivity contribution in [3.05, 3.63) is 42.4 Å². The van der Waals surface area contributed by atoms with E-state index in [9.17, 15) is 0 Å². The van der Waals surface area contributed by atoms with Crippen LogP contribution < -0.4 is 4.74 Å². The predicted molar refractivity (Wildman–Crippen MR) is 110 cm³/mol. The van der Waals surface area contributed by atoms with Gasteiger partial charge < -0.3 is 4.74 Å². The van der Waals surface area contributed by atoms with Crippen LogP contribution in [-0.2, 0) is 6.42 Å². The Morgan fingerprint density at radius 2 is 1.58 bits per heavy atom. The molecule has 2 rings (SSSR count). The van der Waals surface area contributed by atoms with Crippen LogP contribution in [0, 0.1) is 0 Å². The van der Waals surface area contributed by atoms with Gasteiger partial charge in [0.25, 0.3) is 0 Å². The summed E-state index contributed by atoms with van der Waals surface area (Å²) >= 11 is 0. The average Bonchev–Trinajstić information content (AvgIpc) is 2.69. The van der Waals surface area contributed by atoms with Crippen molar-refractivity contribution in [2.45, 2.75) is 78.1 Å². The van der Waals surface area contributed by atoms with Gasteiger partial charge in [-0.3, -0.25) is 0 Å². The fourth-order valence-corrected chi connectivity index (χ4v) is 3.20. The highest BCUT2D eigenvalue weighted by molar-refractivity contribution is 5.69. The molecule has 3 nitrogen and oxygen atoms in total. The monoisotopic (exact) mass is 354 g/mol. The van der Waals surface area contributed by atoms with Gasteiger partial charge in [-0.25, -0.2) is 9.97 Å². The largest absolute Gasteiger partial charge is 0.493 e. The molecule has 26 heavy (non-hydrogen) atoms. The van der Waals surface area contributed by atoms with Crippen molar-refractivity contribution in [2.75, 3.05) is 6.61 Å². The van der Waals surface area contributed by atoms with E-state index < -0.39 is 0 Å². The van der Waals surface area contributed by atoms with Crippen molar-refractivity contribution in [3.8, 4) is 17.0 Å². The second kappa shape index (κ2) is 12.5. The molecule has 1 aromatic heterocycles. The van der Waals surface area contributed by atoms with Crippen molar-refractivity contribution in [1.82, 2.24) is 9.97 Å². The van der Waals surface area contributed by atoms with E-state index in [0.717, 1.165) is 36.5 Å². The summed E-state index contributed by atoms with van der Waals surface area (Å²) in [6.07, 6.45) is 15.9. The van der Waals surface area contributed by atoms with E-state index >= 15 is 0 Å². The lowest BCUT2D eigenvalue weighted by atomic mass is 10.0. The molecule has 2 aromatic rings. The maximum atomic E-state index is 6.11. The van der Waals surface area contributed by atoms with E-state index in [0.29, 0.717) is 0 Å². The van der Waals surface area contributed by atoms with E-state index in [1.807, 2.05) is 12.3 Å². The van der Waals surface area contributed by atoms with Gasteiger partial charge in [-0.15, -0.1) is 0 Å². The molecular formula is C23H34N2O. The highest BCUT2D eigenvalue weighted by Crippen LogP contribution is 2.31. The van der Waals surface area contributed by atoms with Gasteiger partial charge >= 0.3 is 0 Å². The first kappa shape index (κ1) is 20.4. The van der Waals surface area contributed by atoms with E-state index in [1.54, 1.807) is 6.33 Å². The smallest absolute Gasteiger partial charge is 0.128 e. The molecule has 0 saturated carbocycles. The first-order chi connectivity index (χ1) is 12.9. The lowest BCUT2D eigenvalue weighted by molar-refractivity contribution is 0.305. The van der Waals surface area contributed by atoms with E-state index in [1.165, 1.54) is 56.9 Å². The minimum absolute atomic E-state index is 0.775. The SMILES string of the molecule is CCCCCCCOc1ccccc1-c1ncncc1CCCCCC. The van der Waals surface area contributed by atoms with Crippen LogP contribution in [0.1, 0.15) is 77.2 Å². The molecule has 0 atom stereocenters. The number of nitrogens with zero attached hydrogens (tertiary/aromatic N) is 2. The maximum absolute atomic E-state index is 6.11. The lowest BCUT2D eigenvalue weighted by Crippen LogP contribution is -2.01. The highest BCUT2D eigenvalue weighted by atomic mass is 16.5. The summed E-state index contributed by atoms with van der Waals surface area (Å²) < 4.78 is 6.11. The number of aryl methyl sites for hydroxylation is 1.